The maximum Gasteiger partial charge on any atom is 0.192 e. The molecule has 0 spiro atoms. The molecule has 0 amide bonds. The molecule has 0 N–H and O–H groups in total. The summed E-state index contributed by atoms with van der Waals surface area (Å²) >= 11 is 3.46. The van der Waals surface area contributed by atoms with E-state index in [4.69, 9.17) is 0 Å². The van der Waals surface area contributed by atoms with Gasteiger partial charge < -0.3 is 0 Å². The minimum atomic E-state index is -3.30. The van der Waals surface area contributed by atoms with E-state index in [0.29, 0.717) is 5.33 Å². The first-order valence-corrected chi connectivity index (χ1v) is 9.61. The van der Waals surface area contributed by atoms with Crippen molar-refractivity contribution in [3.8, 4) is 11.1 Å². The number of hydrogen-bond donors (Lipinski definition) is 0. The number of alkyl halides is 1. The van der Waals surface area contributed by atoms with E-state index in [9.17, 15) is 8.42 Å². The van der Waals surface area contributed by atoms with Crippen molar-refractivity contribution >= 4 is 36.5 Å². The van der Waals surface area contributed by atoms with Crippen LogP contribution in [-0.4, -0.2) is 24.6 Å². The van der Waals surface area contributed by atoms with E-state index in [1.807, 2.05) is 30.5 Å². The van der Waals surface area contributed by atoms with Crippen LogP contribution in [0, 0.1) is 0 Å². The van der Waals surface area contributed by atoms with Crippen LogP contribution in [-0.2, 0) is 15.2 Å². The SMILES string of the molecule is CS(=O)(=O)c1ccc(-c2c(CBr)ncc3ccccc23)cn1. The molecule has 0 atom stereocenters. The quantitative estimate of drug-likeness (QED) is 0.655. The van der Waals surface area contributed by atoms with Crippen molar-refractivity contribution in [2.75, 3.05) is 6.26 Å². The summed E-state index contributed by atoms with van der Waals surface area (Å²) in [7, 11) is -3.30. The fraction of sp³-hybridized carbons (Fsp3) is 0.125. The molecule has 2 aromatic heterocycles. The molecule has 3 aromatic rings. The summed E-state index contributed by atoms with van der Waals surface area (Å²) < 4.78 is 23.1. The third-order valence-electron chi connectivity index (χ3n) is 3.41. The fourth-order valence-corrected chi connectivity index (χ4v) is 3.36. The van der Waals surface area contributed by atoms with Crippen molar-refractivity contribution in [1.29, 1.82) is 0 Å². The van der Waals surface area contributed by atoms with E-state index in [1.165, 1.54) is 6.07 Å². The third kappa shape index (κ3) is 2.76. The zero-order valence-electron chi connectivity index (χ0n) is 11.8. The van der Waals surface area contributed by atoms with Crippen LogP contribution in [0.25, 0.3) is 21.9 Å². The van der Waals surface area contributed by atoms with Gasteiger partial charge in [-0.1, -0.05) is 40.2 Å². The first-order valence-electron chi connectivity index (χ1n) is 6.60. The van der Waals surface area contributed by atoms with E-state index < -0.39 is 9.84 Å². The van der Waals surface area contributed by atoms with Crippen molar-refractivity contribution < 1.29 is 8.42 Å². The summed E-state index contributed by atoms with van der Waals surface area (Å²) in [6, 6.07) is 11.3. The lowest BCUT2D eigenvalue weighted by Crippen LogP contribution is -2.00. The molecule has 2 heterocycles. The molecular weight excluding hydrogens is 364 g/mol. The van der Waals surface area contributed by atoms with E-state index >= 15 is 0 Å². The summed E-state index contributed by atoms with van der Waals surface area (Å²) in [5, 5.41) is 2.79. The molecule has 0 aliphatic carbocycles. The maximum absolute atomic E-state index is 11.5. The molecule has 112 valence electrons. The molecule has 0 saturated heterocycles. The highest BCUT2D eigenvalue weighted by Gasteiger charge is 2.13. The van der Waals surface area contributed by atoms with Gasteiger partial charge in [0.1, 0.15) is 0 Å². The van der Waals surface area contributed by atoms with Crippen LogP contribution in [0.15, 0.2) is 53.8 Å². The number of aromatic nitrogens is 2. The number of fused-ring (bicyclic) bond motifs is 1. The molecule has 0 bridgehead atoms. The van der Waals surface area contributed by atoms with Gasteiger partial charge in [-0.05, 0) is 17.5 Å². The summed E-state index contributed by atoms with van der Waals surface area (Å²) in [6.07, 6.45) is 4.58. The molecule has 6 heteroatoms. The lowest BCUT2D eigenvalue weighted by atomic mass is 9.99. The summed E-state index contributed by atoms with van der Waals surface area (Å²) in [6.45, 7) is 0. The highest BCUT2D eigenvalue weighted by molar-refractivity contribution is 9.08. The largest absolute Gasteiger partial charge is 0.259 e. The number of benzene rings is 1. The molecule has 0 unspecified atom stereocenters. The average Bonchev–Trinajstić information content (AvgIpc) is 2.53. The lowest BCUT2D eigenvalue weighted by Gasteiger charge is -2.11. The van der Waals surface area contributed by atoms with E-state index in [2.05, 4.69) is 25.9 Å². The average molecular weight is 377 g/mol. The molecule has 0 radical (unpaired) electrons. The minimum absolute atomic E-state index is 0.0739. The van der Waals surface area contributed by atoms with Crippen LogP contribution in [0.5, 0.6) is 0 Å². The van der Waals surface area contributed by atoms with Gasteiger partial charge in [-0.15, -0.1) is 0 Å². The fourth-order valence-electron chi connectivity index (χ4n) is 2.38. The van der Waals surface area contributed by atoms with E-state index in [1.54, 1.807) is 12.3 Å². The number of sulfone groups is 1. The summed E-state index contributed by atoms with van der Waals surface area (Å²) in [4.78, 5) is 8.56. The van der Waals surface area contributed by atoms with Crippen LogP contribution >= 0.6 is 15.9 Å². The molecule has 0 saturated carbocycles. The van der Waals surface area contributed by atoms with Crippen molar-refractivity contribution in [3.63, 3.8) is 0 Å². The Morgan fingerprint density at radius 3 is 2.45 bits per heavy atom. The first-order chi connectivity index (χ1) is 10.5. The van der Waals surface area contributed by atoms with Gasteiger partial charge in [-0.2, -0.15) is 0 Å². The highest BCUT2D eigenvalue weighted by Crippen LogP contribution is 2.31. The van der Waals surface area contributed by atoms with Gasteiger partial charge in [0.2, 0.25) is 0 Å². The standard InChI is InChI=1S/C16H13BrN2O2S/c1-22(20,21)15-7-6-12(10-19-15)16-13-5-3-2-4-11(13)9-18-14(16)8-17/h2-7,9-10H,8H2,1H3. The second kappa shape index (κ2) is 5.78. The van der Waals surface area contributed by atoms with Gasteiger partial charge in [-0.3, -0.25) is 4.98 Å². The Kier molecular flexibility index (Phi) is 3.97. The van der Waals surface area contributed by atoms with Gasteiger partial charge in [0.25, 0.3) is 0 Å². The van der Waals surface area contributed by atoms with Crippen molar-refractivity contribution in [3.05, 3.63) is 54.5 Å². The molecule has 22 heavy (non-hydrogen) atoms. The van der Waals surface area contributed by atoms with E-state index in [-0.39, 0.29) is 5.03 Å². The maximum atomic E-state index is 11.5. The third-order valence-corrected chi connectivity index (χ3v) is 4.94. The zero-order valence-corrected chi connectivity index (χ0v) is 14.2. The smallest absolute Gasteiger partial charge is 0.192 e. The second-order valence-corrected chi connectivity index (χ2v) is 7.48. The van der Waals surface area contributed by atoms with Crippen LogP contribution in [0.2, 0.25) is 0 Å². The zero-order chi connectivity index (χ0) is 15.7. The number of hydrogen-bond acceptors (Lipinski definition) is 4. The van der Waals surface area contributed by atoms with Crippen LogP contribution < -0.4 is 0 Å². The summed E-state index contributed by atoms with van der Waals surface area (Å²) in [5.41, 5.74) is 2.72. The Labute approximate surface area is 137 Å². The van der Waals surface area contributed by atoms with Gasteiger partial charge in [0.15, 0.2) is 14.9 Å². The van der Waals surface area contributed by atoms with Gasteiger partial charge in [0, 0.05) is 40.5 Å². The number of pyridine rings is 2. The molecule has 0 fully saturated rings. The van der Waals surface area contributed by atoms with Crippen LogP contribution in [0.1, 0.15) is 5.69 Å². The molecule has 4 nitrogen and oxygen atoms in total. The summed E-state index contributed by atoms with van der Waals surface area (Å²) in [5.74, 6) is 0. The van der Waals surface area contributed by atoms with Gasteiger partial charge in [-0.25, -0.2) is 13.4 Å². The molecular formula is C16H13BrN2O2S. The lowest BCUT2D eigenvalue weighted by molar-refractivity contribution is 0.598. The molecule has 0 aliphatic heterocycles. The molecule has 3 rings (SSSR count). The van der Waals surface area contributed by atoms with Crippen LogP contribution in [0.3, 0.4) is 0 Å². The van der Waals surface area contributed by atoms with Crippen molar-refractivity contribution in [2.24, 2.45) is 0 Å². The Balaban J connectivity index is 2.25. The van der Waals surface area contributed by atoms with Gasteiger partial charge >= 0.3 is 0 Å². The van der Waals surface area contributed by atoms with Crippen LogP contribution in [0.4, 0.5) is 0 Å². The number of nitrogens with zero attached hydrogens (tertiary/aromatic N) is 2. The Hall–Kier alpha value is -1.79. The highest BCUT2D eigenvalue weighted by atomic mass is 79.9. The van der Waals surface area contributed by atoms with Crippen molar-refractivity contribution in [1.82, 2.24) is 9.97 Å². The Bertz CT molecular complexity index is 938. The number of rotatable bonds is 3. The van der Waals surface area contributed by atoms with E-state index in [0.717, 1.165) is 33.8 Å². The first kappa shape index (κ1) is 15.1. The molecule has 0 aliphatic rings. The van der Waals surface area contributed by atoms with Gasteiger partial charge in [0.05, 0.1) is 5.69 Å². The monoisotopic (exact) mass is 376 g/mol. The Morgan fingerprint density at radius 1 is 1.05 bits per heavy atom. The predicted molar refractivity (Wildman–Crippen MR) is 90.7 cm³/mol. The topological polar surface area (TPSA) is 59.9 Å². The Morgan fingerprint density at radius 2 is 1.82 bits per heavy atom. The minimum Gasteiger partial charge on any atom is -0.259 e. The van der Waals surface area contributed by atoms with Crippen molar-refractivity contribution in [2.45, 2.75) is 10.4 Å². The predicted octanol–water partition coefficient (Wildman–Crippen LogP) is 3.60. The second-order valence-electron chi connectivity index (χ2n) is 4.96. The normalized spacial score (nSPS) is 11.7. The molecule has 1 aromatic carbocycles. The number of halogens is 1.